The lowest BCUT2D eigenvalue weighted by molar-refractivity contribution is -0.659. The number of rotatable bonds is 6. The number of fused-ring (bicyclic) bond motifs is 1. The summed E-state index contributed by atoms with van der Waals surface area (Å²) in [4.78, 5) is 0. The molecule has 0 aliphatic rings. The molecule has 160 valence electrons. The van der Waals surface area contributed by atoms with E-state index in [0.29, 0.717) is 0 Å². The fourth-order valence-electron chi connectivity index (χ4n) is 5.55. The maximum absolute atomic E-state index is 2.52. The van der Waals surface area contributed by atoms with Crippen LogP contribution in [-0.2, 0) is 13.5 Å². The molecule has 3 aromatic rings. The highest BCUT2D eigenvalue weighted by molar-refractivity contribution is 6.92. The molecule has 2 aromatic carbocycles. The fraction of sp³-hybridized carbons (Fsp3) is 0.464. The molecule has 0 saturated heterocycles. The van der Waals surface area contributed by atoms with Crippen LogP contribution in [0.1, 0.15) is 56.9 Å². The smallest absolute Gasteiger partial charge is 0.200 e. The summed E-state index contributed by atoms with van der Waals surface area (Å²) in [7, 11) is 0.715. The van der Waals surface area contributed by atoms with Crippen molar-refractivity contribution in [2.75, 3.05) is 0 Å². The van der Waals surface area contributed by atoms with E-state index in [1.165, 1.54) is 56.4 Å². The first-order valence-corrected chi connectivity index (χ1v) is 14.2. The minimum absolute atomic E-state index is 0.762. The maximum Gasteiger partial charge on any atom is 0.220 e. The van der Waals surface area contributed by atoms with Crippen LogP contribution in [0.15, 0.2) is 36.5 Å². The van der Waals surface area contributed by atoms with Gasteiger partial charge in [0.2, 0.25) is 5.69 Å². The first kappa shape index (κ1) is 22.7. The molecule has 0 saturated carbocycles. The van der Waals surface area contributed by atoms with Crippen molar-refractivity contribution >= 4 is 24.0 Å². The van der Waals surface area contributed by atoms with Crippen molar-refractivity contribution in [1.82, 2.24) is 0 Å². The molecule has 0 atom stereocenters. The number of aromatic nitrogens is 1. The Morgan fingerprint density at radius 3 is 2.10 bits per heavy atom. The molecule has 0 bridgehead atoms. The second kappa shape index (κ2) is 8.67. The summed E-state index contributed by atoms with van der Waals surface area (Å²) < 4.78 is 2.31. The monoisotopic (exact) mass is 418 g/mol. The van der Waals surface area contributed by atoms with E-state index in [1.54, 1.807) is 5.19 Å². The molecule has 0 fully saturated rings. The van der Waals surface area contributed by atoms with Crippen molar-refractivity contribution in [1.29, 1.82) is 0 Å². The van der Waals surface area contributed by atoms with Gasteiger partial charge in [-0.25, -0.2) is 4.57 Å². The highest BCUT2D eigenvalue weighted by Crippen LogP contribution is 2.34. The second-order valence-corrected chi connectivity index (χ2v) is 14.9. The summed E-state index contributed by atoms with van der Waals surface area (Å²) in [6, 6.07) is 14.8. The summed E-state index contributed by atoms with van der Waals surface area (Å²) in [5.41, 5.74) is 9.24. The van der Waals surface area contributed by atoms with Crippen LogP contribution in [0.2, 0.25) is 17.6 Å². The Morgan fingerprint density at radius 1 is 0.867 bits per heavy atom. The summed E-state index contributed by atoms with van der Waals surface area (Å²) in [5.74, 6) is 0. The van der Waals surface area contributed by atoms with Gasteiger partial charge in [0.05, 0.1) is 19.0 Å². The van der Waals surface area contributed by atoms with Crippen molar-refractivity contribution in [2.24, 2.45) is 7.05 Å². The lowest BCUT2D eigenvalue weighted by atomic mass is 9.90. The third-order valence-corrected chi connectivity index (χ3v) is 14.2. The topological polar surface area (TPSA) is 3.88 Å². The zero-order valence-corrected chi connectivity index (χ0v) is 21.6. The summed E-state index contributed by atoms with van der Waals surface area (Å²) in [5, 5.41) is 4.38. The Labute approximate surface area is 185 Å². The first-order valence-electron chi connectivity index (χ1n) is 11.7. The summed E-state index contributed by atoms with van der Waals surface area (Å²) in [6.45, 7) is 18.8. The molecule has 0 aliphatic heterocycles. The molecule has 0 spiro atoms. The van der Waals surface area contributed by atoms with E-state index >= 15 is 0 Å². The number of hydrogen-bond donors (Lipinski definition) is 0. The molecule has 3 rings (SSSR count). The molecular weight excluding hydrogens is 378 g/mol. The number of benzene rings is 2. The molecule has 0 unspecified atom stereocenters. The van der Waals surface area contributed by atoms with Crippen molar-refractivity contribution in [2.45, 2.75) is 79.4 Å². The van der Waals surface area contributed by atoms with E-state index in [9.17, 15) is 0 Å². The fourth-order valence-corrected chi connectivity index (χ4v) is 10.0. The van der Waals surface area contributed by atoms with Gasteiger partial charge in [0.15, 0.2) is 6.20 Å². The van der Waals surface area contributed by atoms with Gasteiger partial charge in [-0.1, -0.05) is 64.0 Å². The SMILES string of the molecule is CCc1cc(-c2c3ccc([Si](CC)(CC)C(C)C)cc3cc[n+]2C)c(C)c(C)c1C. The largest absolute Gasteiger partial charge is 0.220 e. The maximum atomic E-state index is 2.52. The summed E-state index contributed by atoms with van der Waals surface area (Å²) in [6.07, 6.45) is 3.33. The lowest BCUT2D eigenvalue weighted by Gasteiger charge is -2.34. The molecule has 1 heterocycles. The first-order chi connectivity index (χ1) is 14.2. The van der Waals surface area contributed by atoms with Crippen LogP contribution >= 0.6 is 0 Å². The Balaban J connectivity index is 2.31. The molecule has 0 radical (unpaired) electrons. The van der Waals surface area contributed by atoms with E-state index in [-0.39, 0.29) is 0 Å². The average molecular weight is 419 g/mol. The highest BCUT2D eigenvalue weighted by Gasteiger charge is 2.35. The molecule has 0 N–H and O–H groups in total. The Hall–Kier alpha value is -1.93. The van der Waals surface area contributed by atoms with E-state index in [2.05, 4.69) is 104 Å². The molecule has 0 aliphatic carbocycles. The molecule has 1 aromatic heterocycles. The van der Waals surface area contributed by atoms with Crippen molar-refractivity contribution in [3.05, 3.63) is 58.8 Å². The van der Waals surface area contributed by atoms with Crippen LogP contribution in [0.25, 0.3) is 22.0 Å². The van der Waals surface area contributed by atoms with Gasteiger partial charge in [-0.15, -0.1) is 0 Å². The van der Waals surface area contributed by atoms with Gasteiger partial charge in [-0.05, 0) is 72.5 Å². The van der Waals surface area contributed by atoms with E-state index in [4.69, 9.17) is 0 Å². The number of aryl methyl sites for hydroxylation is 2. The number of pyridine rings is 1. The van der Waals surface area contributed by atoms with Crippen LogP contribution in [0.4, 0.5) is 0 Å². The predicted octanol–water partition coefficient (Wildman–Crippen LogP) is 6.92. The van der Waals surface area contributed by atoms with E-state index in [1.807, 2.05) is 0 Å². The van der Waals surface area contributed by atoms with Gasteiger partial charge >= 0.3 is 0 Å². The molecule has 30 heavy (non-hydrogen) atoms. The van der Waals surface area contributed by atoms with Crippen molar-refractivity contribution in [3.8, 4) is 11.3 Å². The van der Waals surface area contributed by atoms with Gasteiger partial charge < -0.3 is 0 Å². The molecule has 1 nitrogen and oxygen atoms in total. The van der Waals surface area contributed by atoms with Crippen LogP contribution in [0.5, 0.6) is 0 Å². The Kier molecular flexibility index (Phi) is 6.57. The van der Waals surface area contributed by atoms with Crippen LogP contribution in [-0.4, -0.2) is 8.07 Å². The second-order valence-electron chi connectivity index (χ2n) is 9.41. The zero-order chi connectivity index (χ0) is 22.2. The van der Waals surface area contributed by atoms with Crippen LogP contribution < -0.4 is 9.75 Å². The molecular formula is C28H40NSi+. The lowest BCUT2D eigenvalue weighted by Crippen LogP contribution is -2.49. The number of hydrogen-bond acceptors (Lipinski definition) is 0. The Morgan fingerprint density at radius 2 is 1.53 bits per heavy atom. The molecule has 2 heteroatoms. The van der Waals surface area contributed by atoms with E-state index < -0.39 is 8.07 Å². The van der Waals surface area contributed by atoms with Crippen LogP contribution in [0.3, 0.4) is 0 Å². The van der Waals surface area contributed by atoms with Crippen molar-refractivity contribution in [3.63, 3.8) is 0 Å². The Bertz CT molecular complexity index is 1070. The minimum atomic E-state index is -1.47. The van der Waals surface area contributed by atoms with Crippen molar-refractivity contribution < 1.29 is 4.57 Å². The highest BCUT2D eigenvalue weighted by atomic mass is 28.3. The van der Waals surface area contributed by atoms with Gasteiger partial charge in [0, 0.05) is 6.07 Å². The quantitative estimate of drug-likeness (QED) is 0.302. The predicted molar refractivity (Wildman–Crippen MR) is 136 cm³/mol. The third-order valence-electron chi connectivity index (χ3n) is 8.04. The normalized spacial score (nSPS) is 12.2. The standard InChI is InChI=1S/C28H40NSi/c1-10-23-18-27(22(8)20(6)21(23)7)28-26-14-13-25(17-24(26)15-16-29(28)9)30(11-2,12-3)19(4)5/h13-19H,10-12H2,1-9H3/q+1. The van der Waals surface area contributed by atoms with Gasteiger partial charge in [-0.3, -0.25) is 0 Å². The van der Waals surface area contributed by atoms with Gasteiger partial charge in [0.25, 0.3) is 0 Å². The van der Waals surface area contributed by atoms with E-state index in [0.717, 1.165) is 12.0 Å². The zero-order valence-electron chi connectivity index (χ0n) is 20.6. The number of nitrogens with zero attached hydrogens (tertiary/aromatic N) is 1. The van der Waals surface area contributed by atoms with Crippen LogP contribution in [0, 0.1) is 20.8 Å². The average Bonchev–Trinajstić information content (AvgIpc) is 2.74. The molecule has 0 amide bonds. The third kappa shape index (κ3) is 3.54. The minimum Gasteiger partial charge on any atom is -0.200 e. The van der Waals surface area contributed by atoms with Gasteiger partial charge in [0.1, 0.15) is 7.05 Å². The van der Waals surface area contributed by atoms with Gasteiger partial charge in [-0.2, -0.15) is 0 Å². The summed E-state index contributed by atoms with van der Waals surface area (Å²) >= 11 is 0.